The fraction of sp³-hybridized carbons (Fsp3) is 0.900. The van der Waals surface area contributed by atoms with Gasteiger partial charge in [-0.2, -0.15) is 13.2 Å². The Hall–Kier alpha value is -0.580. The van der Waals surface area contributed by atoms with Crippen LogP contribution in [0.3, 0.4) is 0 Å². The Kier molecular flexibility index (Phi) is 4.57. The van der Waals surface area contributed by atoms with Crippen molar-refractivity contribution >= 4 is 5.78 Å². The predicted molar refractivity (Wildman–Crippen MR) is 50.5 cm³/mol. The molecule has 0 aliphatic carbocycles. The molecule has 1 fully saturated rings. The SMILES string of the molecule is O=C(CCCC(F)(F)F)C1CCNCC1. The molecule has 0 spiro atoms. The van der Waals surface area contributed by atoms with E-state index in [1.54, 1.807) is 0 Å². The lowest BCUT2D eigenvalue weighted by atomic mass is 9.91. The molecule has 2 nitrogen and oxygen atoms in total. The van der Waals surface area contributed by atoms with Gasteiger partial charge in [0.1, 0.15) is 5.78 Å². The van der Waals surface area contributed by atoms with Crippen LogP contribution in [-0.2, 0) is 4.79 Å². The maximum atomic E-state index is 11.8. The molecule has 0 amide bonds. The van der Waals surface area contributed by atoms with E-state index in [1.807, 2.05) is 0 Å². The molecule has 0 atom stereocenters. The van der Waals surface area contributed by atoms with Crippen LogP contribution >= 0.6 is 0 Å². The minimum atomic E-state index is -4.13. The van der Waals surface area contributed by atoms with Crippen molar-refractivity contribution in [3.63, 3.8) is 0 Å². The minimum absolute atomic E-state index is 0.000694. The van der Waals surface area contributed by atoms with Crippen LogP contribution in [0.4, 0.5) is 13.2 Å². The van der Waals surface area contributed by atoms with E-state index in [-0.39, 0.29) is 24.5 Å². The second-order valence-electron chi connectivity index (χ2n) is 3.96. The van der Waals surface area contributed by atoms with Crippen molar-refractivity contribution in [3.8, 4) is 0 Å². The highest BCUT2D eigenvalue weighted by Gasteiger charge is 2.27. The van der Waals surface area contributed by atoms with Gasteiger partial charge in [0.05, 0.1) is 0 Å². The number of hydrogen-bond donors (Lipinski definition) is 1. The van der Waals surface area contributed by atoms with Crippen molar-refractivity contribution in [2.75, 3.05) is 13.1 Å². The molecule has 1 aliphatic rings. The summed E-state index contributed by atoms with van der Waals surface area (Å²) >= 11 is 0. The molecule has 1 N–H and O–H groups in total. The third-order valence-electron chi connectivity index (χ3n) is 2.68. The van der Waals surface area contributed by atoms with Crippen molar-refractivity contribution < 1.29 is 18.0 Å². The molecule has 1 rings (SSSR count). The maximum absolute atomic E-state index is 11.8. The molecular weight excluding hydrogens is 207 g/mol. The Morgan fingerprint density at radius 2 is 1.87 bits per heavy atom. The van der Waals surface area contributed by atoms with Crippen molar-refractivity contribution in [2.45, 2.75) is 38.3 Å². The fourth-order valence-corrected chi connectivity index (χ4v) is 1.81. The number of Topliss-reactive ketones (excluding diaryl/α,β-unsaturated/α-hetero) is 1. The molecule has 1 aliphatic heterocycles. The van der Waals surface area contributed by atoms with Gasteiger partial charge in [-0.1, -0.05) is 0 Å². The lowest BCUT2D eigenvalue weighted by Crippen LogP contribution is -2.31. The summed E-state index contributed by atoms with van der Waals surface area (Å²) in [5, 5.41) is 3.12. The molecule has 0 aromatic carbocycles. The van der Waals surface area contributed by atoms with Crippen LogP contribution in [0.2, 0.25) is 0 Å². The Bertz CT molecular complexity index is 209. The molecule has 88 valence electrons. The zero-order valence-electron chi connectivity index (χ0n) is 8.57. The van der Waals surface area contributed by atoms with Crippen LogP contribution in [0.1, 0.15) is 32.1 Å². The first-order valence-corrected chi connectivity index (χ1v) is 5.29. The van der Waals surface area contributed by atoms with Gasteiger partial charge in [0.2, 0.25) is 0 Å². The number of ketones is 1. The molecule has 0 saturated carbocycles. The van der Waals surface area contributed by atoms with Gasteiger partial charge in [-0.05, 0) is 32.4 Å². The number of halogens is 3. The van der Waals surface area contributed by atoms with Gasteiger partial charge in [-0.15, -0.1) is 0 Å². The number of carbonyl (C=O) groups excluding carboxylic acids is 1. The van der Waals surface area contributed by atoms with Gasteiger partial charge in [-0.3, -0.25) is 4.79 Å². The zero-order valence-corrected chi connectivity index (χ0v) is 8.57. The summed E-state index contributed by atoms with van der Waals surface area (Å²) < 4.78 is 35.5. The number of rotatable bonds is 4. The van der Waals surface area contributed by atoms with Crippen LogP contribution in [0.5, 0.6) is 0 Å². The number of piperidine rings is 1. The molecule has 1 saturated heterocycles. The van der Waals surface area contributed by atoms with Gasteiger partial charge in [0.15, 0.2) is 0 Å². The minimum Gasteiger partial charge on any atom is -0.317 e. The number of alkyl halides is 3. The zero-order chi connectivity index (χ0) is 11.3. The van der Waals surface area contributed by atoms with Gasteiger partial charge in [0, 0.05) is 18.8 Å². The van der Waals surface area contributed by atoms with Gasteiger partial charge in [-0.25, -0.2) is 0 Å². The van der Waals surface area contributed by atoms with Crippen LogP contribution in [0.25, 0.3) is 0 Å². The van der Waals surface area contributed by atoms with Crippen LogP contribution in [0.15, 0.2) is 0 Å². The summed E-state index contributed by atoms with van der Waals surface area (Å²) in [5.74, 6) is -0.0137. The number of carbonyl (C=O) groups is 1. The van der Waals surface area contributed by atoms with Gasteiger partial charge in [0.25, 0.3) is 0 Å². The first-order valence-electron chi connectivity index (χ1n) is 5.29. The van der Waals surface area contributed by atoms with Crippen LogP contribution < -0.4 is 5.32 Å². The van der Waals surface area contributed by atoms with Crippen LogP contribution in [-0.4, -0.2) is 25.0 Å². The summed E-state index contributed by atoms with van der Waals surface area (Å²) in [7, 11) is 0. The highest BCUT2D eigenvalue weighted by molar-refractivity contribution is 5.81. The van der Waals surface area contributed by atoms with E-state index in [0.717, 1.165) is 25.9 Å². The van der Waals surface area contributed by atoms with Gasteiger partial charge < -0.3 is 5.32 Å². The van der Waals surface area contributed by atoms with Crippen molar-refractivity contribution in [1.29, 1.82) is 0 Å². The average Bonchev–Trinajstić information content (AvgIpc) is 2.17. The number of nitrogens with one attached hydrogen (secondary N) is 1. The number of hydrogen-bond acceptors (Lipinski definition) is 2. The molecule has 1 heterocycles. The van der Waals surface area contributed by atoms with Crippen molar-refractivity contribution in [1.82, 2.24) is 5.32 Å². The second-order valence-corrected chi connectivity index (χ2v) is 3.96. The molecule has 0 unspecified atom stereocenters. The molecule has 0 aromatic heterocycles. The van der Waals surface area contributed by atoms with E-state index in [0.29, 0.717) is 0 Å². The maximum Gasteiger partial charge on any atom is 0.389 e. The standard InChI is InChI=1S/C10H16F3NO/c11-10(12,13)5-1-2-9(15)8-3-6-14-7-4-8/h8,14H,1-7H2. The first kappa shape index (κ1) is 12.5. The normalized spacial score (nSPS) is 19.1. The quantitative estimate of drug-likeness (QED) is 0.792. The Labute approximate surface area is 87.2 Å². The summed E-state index contributed by atoms with van der Waals surface area (Å²) in [4.78, 5) is 11.5. The average molecular weight is 223 g/mol. The summed E-state index contributed by atoms with van der Waals surface area (Å²) in [5.41, 5.74) is 0. The third-order valence-corrected chi connectivity index (χ3v) is 2.68. The Morgan fingerprint density at radius 3 is 2.40 bits per heavy atom. The molecular formula is C10H16F3NO. The van der Waals surface area contributed by atoms with E-state index in [1.165, 1.54) is 0 Å². The second kappa shape index (κ2) is 5.49. The smallest absolute Gasteiger partial charge is 0.317 e. The van der Waals surface area contributed by atoms with Crippen LogP contribution in [0, 0.1) is 5.92 Å². The summed E-state index contributed by atoms with van der Waals surface area (Å²) in [6.07, 6.45) is -3.43. The summed E-state index contributed by atoms with van der Waals surface area (Å²) in [6.45, 7) is 1.60. The Morgan fingerprint density at radius 1 is 1.27 bits per heavy atom. The topological polar surface area (TPSA) is 29.1 Å². The van der Waals surface area contributed by atoms with E-state index >= 15 is 0 Å². The molecule has 0 bridgehead atoms. The molecule has 0 aromatic rings. The van der Waals surface area contributed by atoms with Crippen molar-refractivity contribution in [2.24, 2.45) is 5.92 Å². The lowest BCUT2D eigenvalue weighted by molar-refractivity contribution is -0.137. The van der Waals surface area contributed by atoms with Crippen molar-refractivity contribution in [3.05, 3.63) is 0 Å². The monoisotopic (exact) mass is 223 g/mol. The van der Waals surface area contributed by atoms with Gasteiger partial charge >= 0.3 is 6.18 Å². The van der Waals surface area contributed by atoms with E-state index in [9.17, 15) is 18.0 Å². The molecule has 15 heavy (non-hydrogen) atoms. The predicted octanol–water partition coefficient (Wildman–Crippen LogP) is 2.29. The molecule has 0 radical (unpaired) electrons. The van der Waals surface area contributed by atoms with E-state index in [2.05, 4.69) is 5.32 Å². The van der Waals surface area contributed by atoms with E-state index in [4.69, 9.17) is 0 Å². The first-order chi connectivity index (χ1) is 6.99. The third kappa shape index (κ3) is 5.16. The Balaban J connectivity index is 2.17. The highest BCUT2D eigenvalue weighted by atomic mass is 19.4. The van der Waals surface area contributed by atoms with E-state index < -0.39 is 12.6 Å². The molecule has 5 heteroatoms. The lowest BCUT2D eigenvalue weighted by Gasteiger charge is -2.21. The largest absolute Gasteiger partial charge is 0.389 e. The fourth-order valence-electron chi connectivity index (χ4n) is 1.81. The highest BCUT2D eigenvalue weighted by Crippen LogP contribution is 2.23. The summed E-state index contributed by atoms with van der Waals surface area (Å²) in [6, 6.07) is 0.